The second kappa shape index (κ2) is 7.82. The summed E-state index contributed by atoms with van der Waals surface area (Å²) in [7, 11) is 1.56. The minimum atomic E-state index is -0.693. The molecule has 7 nitrogen and oxygen atoms in total. The molecule has 3 amide bonds. The zero-order valence-corrected chi connectivity index (χ0v) is 17.2. The molecule has 2 heterocycles. The molecule has 156 valence electrons. The summed E-state index contributed by atoms with van der Waals surface area (Å²) in [5.41, 5.74) is 1.13. The molecule has 0 bridgehead atoms. The maximum atomic E-state index is 13.2. The third-order valence-corrected chi connectivity index (χ3v) is 5.91. The van der Waals surface area contributed by atoms with Gasteiger partial charge in [-0.1, -0.05) is 24.3 Å². The van der Waals surface area contributed by atoms with Gasteiger partial charge in [-0.05, 0) is 44.0 Å². The van der Waals surface area contributed by atoms with Crippen molar-refractivity contribution in [3.8, 4) is 5.75 Å². The van der Waals surface area contributed by atoms with E-state index < -0.39 is 5.66 Å². The first-order valence-corrected chi connectivity index (χ1v) is 10.1. The number of hydrogen-bond donors (Lipinski definition) is 1. The molecule has 0 radical (unpaired) electrons. The molecule has 0 saturated carbocycles. The molecule has 1 atom stereocenters. The van der Waals surface area contributed by atoms with Gasteiger partial charge in [0.2, 0.25) is 11.8 Å². The van der Waals surface area contributed by atoms with Crippen LogP contribution in [-0.2, 0) is 9.59 Å². The van der Waals surface area contributed by atoms with E-state index in [1.54, 1.807) is 41.2 Å². The molecule has 4 rings (SSSR count). The number of amides is 3. The van der Waals surface area contributed by atoms with Gasteiger partial charge in [-0.2, -0.15) is 0 Å². The number of ether oxygens (including phenoxy) is 1. The van der Waals surface area contributed by atoms with Crippen molar-refractivity contribution in [1.82, 2.24) is 4.90 Å². The lowest BCUT2D eigenvalue weighted by atomic mass is 9.98. The fourth-order valence-corrected chi connectivity index (χ4v) is 4.40. The predicted molar refractivity (Wildman–Crippen MR) is 113 cm³/mol. The van der Waals surface area contributed by atoms with Crippen LogP contribution >= 0.6 is 0 Å². The van der Waals surface area contributed by atoms with Gasteiger partial charge >= 0.3 is 0 Å². The first-order chi connectivity index (χ1) is 14.5. The Labute approximate surface area is 175 Å². The summed E-state index contributed by atoms with van der Waals surface area (Å²) < 4.78 is 5.26. The van der Waals surface area contributed by atoms with Crippen LogP contribution in [0.1, 0.15) is 43.0 Å². The van der Waals surface area contributed by atoms with E-state index in [9.17, 15) is 14.4 Å². The van der Waals surface area contributed by atoms with Gasteiger partial charge in [0.25, 0.3) is 5.91 Å². The van der Waals surface area contributed by atoms with E-state index in [1.807, 2.05) is 31.2 Å². The number of nitrogens with zero attached hydrogens (tertiary/aromatic N) is 2. The minimum Gasteiger partial charge on any atom is -0.495 e. The Morgan fingerprint density at radius 1 is 1.13 bits per heavy atom. The topological polar surface area (TPSA) is 79.0 Å². The number of benzene rings is 2. The average Bonchev–Trinajstić information content (AvgIpc) is 3.06. The van der Waals surface area contributed by atoms with Gasteiger partial charge in [0, 0.05) is 19.4 Å². The molecule has 0 spiro atoms. The number of hydrogen-bond acceptors (Lipinski definition) is 4. The van der Waals surface area contributed by atoms with Crippen molar-refractivity contribution in [3.05, 3.63) is 54.1 Å². The summed E-state index contributed by atoms with van der Waals surface area (Å²) in [6.07, 6.45) is 1.74. The molecule has 0 aromatic heterocycles. The SMILES string of the molecule is COc1ccccc1NC(=O)CCCN1C(=O)c2ccccc2N2C(=O)CCC12C. The quantitative estimate of drug-likeness (QED) is 0.796. The number of nitrogens with one attached hydrogen (secondary N) is 1. The predicted octanol–water partition coefficient (Wildman–Crippen LogP) is 3.41. The fraction of sp³-hybridized carbons (Fsp3) is 0.348. The summed E-state index contributed by atoms with van der Waals surface area (Å²) >= 11 is 0. The van der Waals surface area contributed by atoms with E-state index in [4.69, 9.17) is 4.74 Å². The highest BCUT2D eigenvalue weighted by Crippen LogP contribution is 2.44. The van der Waals surface area contributed by atoms with E-state index in [2.05, 4.69) is 5.32 Å². The van der Waals surface area contributed by atoms with Crippen molar-refractivity contribution in [1.29, 1.82) is 0 Å². The van der Waals surface area contributed by atoms with E-state index in [-0.39, 0.29) is 24.1 Å². The maximum Gasteiger partial charge on any atom is 0.257 e. The van der Waals surface area contributed by atoms with Gasteiger partial charge in [0.1, 0.15) is 11.4 Å². The van der Waals surface area contributed by atoms with Gasteiger partial charge in [-0.3, -0.25) is 19.3 Å². The number of rotatable bonds is 6. The molecule has 1 saturated heterocycles. The lowest BCUT2D eigenvalue weighted by molar-refractivity contribution is -0.118. The van der Waals surface area contributed by atoms with Crippen LogP contribution in [0, 0.1) is 0 Å². The molecular formula is C23H25N3O4. The Hall–Kier alpha value is -3.35. The Morgan fingerprint density at radius 2 is 1.87 bits per heavy atom. The van der Waals surface area contributed by atoms with Crippen molar-refractivity contribution in [2.24, 2.45) is 0 Å². The van der Waals surface area contributed by atoms with Crippen LogP contribution in [0.4, 0.5) is 11.4 Å². The summed E-state index contributed by atoms with van der Waals surface area (Å²) in [5, 5.41) is 2.86. The van der Waals surface area contributed by atoms with E-state index in [0.717, 1.165) is 0 Å². The molecule has 1 N–H and O–H groups in total. The lowest BCUT2D eigenvalue weighted by Crippen LogP contribution is -2.62. The number of methoxy groups -OCH3 is 1. The first kappa shape index (κ1) is 19.9. The second-order valence-corrected chi connectivity index (χ2v) is 7.77. The summed E-state index contributed by atoms with van der Waals surface area (Å²) in [6.45, 7) is 2.33. The van der Waals surface area contributed by atoms with Crippen LogP contribution in [0.25, 0.3) is 0 Å². The van der Waals surface area contributed by atoms with Crippen LogP contribution in [0.2, 0.25) is 0 Å². The summed E-state index contributed by atoms with van der Waals surface area (Å²) in [5.74, 6) is 0.385. The number of carbonyl (C=O) groups is 3. The molecule has 2 aliphatic heterocycles. The molecular weight excluding hydrogens is 382 g/mol. The summed E-state index contributed by atoms with van der Waals surface area (Å²) in [6, 6.07) is 14.5. The van der Waals surface area contributed by atoms with Crippen LogP contribution in [0.5, 0.6) is 5.75 Å². The normalized spacial score (nSPS) is 20.1. The van der Waals surface area contributed by atoms with Gasteiger partial charge in [-0.25, -0.2) is 0 Å². The second-order valence-electron chi connectivity index (χ2n) is 7.77. The Bertz CT molecular complexity index is 1010. The van der Waals surface area contributed by atoms with Gasteiger partial charge in [0.05, 0.1) is 24.0 Å². The maximum absolute atomic E-state index is 13.2. The zero-order valence-electron chi connectivity index (χ0n) is 17.2. The van der Waals surface area contributed by atoms with Crippen molar-refractivity contribution in [3.63, 3.8) is 0 Å². The fourth-order valence-electron chi connectivity index (χ4n) is 4.40. The van der Waals surface area contributed by atoms with Crippen molar-refractivity contribution in [2.45, 2.75) is 38.3 Å². The molecule has 7 heteroatoms. The largest absolute Gasteiger partial charge is 0.495 e. The highest BCUT2D eigenvalue weighted by molar-refractivity contribution is 6.10. The van der Waals surface area contributed by atoms with Crippen LogP contribution in [0.3, 0.4) is 0 Å². The number of para-hydroxylation sites is 3. The Kier molecular flexibility index (Phi) is 5.20. The van der Waals surface area contributed by atoms with Crippen molar-refractivity contribution < 1.29 is 19.1 Å². The number of fused-ring (bicyclic) bond motifs is 3. The molecule has 2 aliphatic rings. The number of carbonyl (C=O) groups excluding carboxylic acids is 3. The van der Waals surface area contributed by atoms with Crippen LogP contribution in [-0.4, -0.2) is 41.9 Å². The molecule has 2 aromatic rings. The third kappa shape index (κ3) is 3.30. The third-order valence-electron chi connectivity index (χ3n) is 5.91. The molecule has 30 heavy (non-hydrogen) atoms. The van der Waals surface area contributed by atoms with E-state index in [0.29, 0.717) is 48.5 Å². The molecule has 2 aromatic carbocycles. The molecule has 1 fully saturated rings. The lowest BCUT2D eigenvalue weighted by Gasteiger charge is -2.48. The van der Waals surface area contributed by atoms with E-state index >= 15 is 0 Å². The highest BCUT2D eigenvalue weighted by Gasteiger charge is 2.52. The van der Waals surface area contributed by atoms with Crippen LogP contribution in [0.15, 0.2) is 48.5 Å². The molecule has 1 unspecified atom stereocenters. The Balaban J connectivity index is 1.46. The van der Waals surface area contributed by atoms with Gasteiger partial charge < -0.3 is 15.0 Å². The summed E-state index contributed by atoms with van der Waals surface area (Å²) in [4.78, 5) is 41.7. The Morgan fingerprint density at radius 3 is 2.67 bits per heavy atom. The first-order valence-electron chi connectivity index (χ1n) is 10.1. The monoisotopic (exact) mass is 407 g/mol. The number of anilines is 2. The van der Waals surface area contributed by atoms with Crippen molar-refractivity contribution in [2.75, 3.05) is 23.9 Å². The highest BCUT2D eigenvalue weighted by atomic mass is 16.5. The standard InChI is InChI=1S/C23H25N3O4/c1-23-14-13-21(28)26(23)18-10-5-3-8-16(18)22(29)25(23)15-7-12-20(27)24-17-9-4-6-11-19(17)30-2/h3-6,8-11H,7,12-15H2,1-2H3,(H,24,27). The van der Waals surface area contributed by atoms with E-state index in [1.165, 1.54) is 0 Å². The average molecular weight is 407 g/mol. The van der Waals surface area contributed by atoms with Gasteiger partial charge in [-0.15, -0.1) is 0 Å². The zero-order chi connectivity index (χ0) is 21.3. The molecule has 0 aliphatic carbocycles. The minimum absolute atomic E-state index is 0.0244. The van der Waals surface area contributed by atoms with Gasteiger partial charge in [0.15, 0.2) is 0 Å². The van der Waals surface area contributed by atoms with Crippen LogP contribution < -0.4 is 15.0 Å². The smallest absolute Gasteiger partial charge is 0.257 e. The van der Waals surface area contributed by atoms with Crippen molar-refractivity contribution >= 4 is 29.1 Å².